The molecule has 1 heterocycles. The Morgan fingerprint density at radius 1 is 1.71 bits per heavy atom. The number of carbonyl (C=O) groups excluding carboxylic acids is 1. The Balaban J connectivity index is 0.00000169. The predicted molar refractivity (Wildman–Crippen MR) is 61.0 cm³/mol. The molecule has 1 atom stereocenters. The van der Waals surface area contributed by atoms with Crippen molar-refractivity contribution in [3.63, 3.8) is 0 Å². The molecule has 1 aliphatic rings. The Morgan fingerprint density at radius 2 is 2.50 bits per heavy atom. The lowest BCUT2D eigenvalue weighted by atomic mass is 10.3. The molecule has 0 aromatic carbocycles. The number of rotatable bonds is 5. The normalized spacial score (nSPS) is 20.2. The van der Waals surface area contributed by atoms with E-state index in [2.05, 4.69) is 10.6 Å². The highest BCUT2D eigenvalue weighted by Gasteiger charge is 2.21. The third-order valence-electron chi connectivity index (χ3n) is 1.78. The number of hydrogen-bond donors (Lipinski definition) is 2. The Labute approximate surface area is 94.9 Å². The minimum Gasteiger partial charge on any atom is -0.380 e. The van der Waals surface area contributed by atoms with Gasteiger partial charge < -0.3 is 10.1 Å². The standard InChI is InChI=1S/C8H16N2O2S.ClH/c1-2-12-4-3-9-8(11)7-5-13-6-10-7;/h7,10H,2-6H2,1H3,(H,9,11);1H/t7-;/m1./s1. The van der Waals surface area contributed by atoms with Gasteiger partial charge >= 0.3 is 0 Å². The number of hydrogen-bond acceptors (Lipinski definition) is 4. The molecule has 84 valence electrons. The molecule has 2 N–H and O–H groups in total. The third-order valence-corrected chi connectivity index (χ3v) is 2.72. The van der Waals surface area contributed by atoms with E-state index in [1.807, 2.05) is 6.92 Å². The molecule has 0 spiro atoms. The second-order valence-corrected chi connectivity index (χ2v) is 3.79. The van der Waals surface area contributed by atoms with Crippen LogP contribution in [0.25, 0.3) is 0 Å². The maximum absolute atomic E-state index is 11.4. The first-order valence-electron chi connectivity index (χ1n) is 4.51. The summed E-state index contributed by atoms with van der Waals surface area (Å²) >= 11 is 1.75. The molecular formula is C8H17ClN2O2S. The Morgan fingerprint density at radius 3 is 3.07 bits per heavy atom. The van der Waals surface area contributed by atoms with E-state index in [0.29, 0.717) is 19.8 Å². The van der Waals surface area contributed by atoms with Crippen molar-refractivity contribution in [2.75, 3.05) is 31.4 Å². The summed E-state index contributed by atoms with van der Waals surface area (Å²) in [4.78, 5) is 11.4. The third kappa shape index (κ3) is 5.05. The first-order chi connectivity index (χ1) is 6.34. The van der Waals surface area contributed by atoms with E-state index in [1.54, 1.807) is 11.8 Å². The van der Waals surface area contributed by atoms with Crippen molar-refractivity contribution < 1.29 is 9.53 Å². The molecule has 4 nitrogen and oxygen atoms in total. The van der Waals surface area contributed by atoms with Gasteiger partial charge in [-0.15, -0.1) is 24.2 Å². The van der Waals surface area contributed by atoms with Crippen LogP contribution in [0.15, 0.2) is 0 Å². The van der Waals surface area contributed by atoms with Crippen LogP contribution < -0.4 is 10.6 Å². The fourth-order valence-electron chi connectivity index (χ4n) is 1.08. The van der Waals surface area contributed by atoms with E-state index in [9.17, 15) is 4.79 Å². The van der Waals surface area contributed by atoms with Crippen LogP contribution in [0.4, 0.5) is 0 Å². The van der Waals surface area contributed by atoms with E-state index in [4.69, 9.17) is 4.74 Å². The Hall–Kier alpha value is 0.0300. The van der Waals surface area contributed by atoms with Gasteiger partial charge in [0.2, 0.25) is 5.91 Å². The predicted octanol–water partition coefficient (Wildman–Crippen LogP) is 0.223. The molecule has 6 heteroatoms. The summed E-state index contributed by atoms with van der Waals surface area (Å²) in [5, 5.41) is 5.93. The van der Waals surface area contributed by atoms with Gasteiger partial charge in [0.05, 0.1) is 12.6 Å². The molecule has 0 radical (unpaired) electrons. The van der Waals surface area contributed by atoms with Crippen molar-refractivity contribution >= 4 is 30.1 Å². The summed E-state index contributed by atoms with van der Waals surface area (Å²) < 4.78 is 5.11. The van der Waals surface area contributed by atoms with E-state index >= 15 is 0 Å². The van der Waals surface area contributed by atoms with Gasteiger partial charge in [-0.3, -0.25) is 10.1 Å². The van der Waals surface area contributed by atoms with Crippen molar-refractivity contribution in [2.24, 2.45) is 0 Å². The van der Waals surface area contributed by atoms with Crippen LogP contribution in [0.3, 0.4) is 0 Å². The zero-order chi connectivity index (χ0) is 9.52. The van der Waals surface area contributed by atoms with E-state index in [-0.39, 0.29) is 24.4 Å². The average molecular weight is 241 g/mol. The molecule has 0 aromatic heterocycles. The van der Waals surface area contributed by atoms with Crippen LogP contribution in [0.1, 0.15) is 6.92 Å². The largest absolute Gasteiger partial charge is 0.380 e. The lowest BCUT2D eigenvalue weighted by molar-refractivity contribution is -0.122. The molecule has 1 saturated heterocycles. The smallest absolute Gasteiger partial charge is 0.238 e. The maximum atomic E-state index is 11.4. The summed E-state index contributed by atoms with van der Waals surface area (Å²) in [5.41, 5.74) is 0. The quantitative estimate of drug-likeness (QED) is 0.676. The van der Waals surface area contributed by atoms with Gasteiger partial charge in [0.1, 0.15) is 0 Å². The van der Waals surface area contributed by atoms with Crippen molar-refractivity contribution in [3.8, 4) is 0 Å². The lowest BCUT2D eigenvalue weighted by Crippen LogP contribution is -2.43. The summed E-state index contributed by atoms with van der Waals surface area (Å²) in [7, 11) is 0. The zero-order valence-corrected chi connectivity index (χ0v) is 9.88. The number of thioether (sulfide) groups is 1. The fourth-order valence-corrected chi connectivity index (χ4v) is 2.02. The minimum atomic E-state index is -0.00775. The summed E-state index contributed by atoms with van der Waals surface area (Å²) in [6.45, 7) is 3.85. The van der Waals surface area contributed by atoms with Gasteiger partial charge in [-0.25, -0.2) is 0 Å². The first kappa shape index (κ1) is 14.0. The first-order valence-corrected chi connectivity index (χ1v) is 5.66. The van der Waals surface area contributed by atoms with Gasteiger partial charge in [0.25, 0.3) is 0 Å². The number of amides is 1. The highest BCUT2D eigenvalue weighted by Crippen LogP contribution is 2.08. The molecule has 1 rings (SSSR count). The van der Waals surface area contributed by atoms with Crippen molar-refractivity contribution in [2.45, 2.75) is 13.0 Å². The molecular weight excluding hydrogens is 224 g/mol. The van der Waals surface area contributed by atoms with Crippen LogP contribution in [0, 0.1) is 0 Å². The van der Waals surface area contributed by atoms with Crippen LogP contribution >= 0.6 is 24.2 Å². The second kappa shape index (κ2) is 8.35. The van der Waals surface area contributed by atoms with Gasteiger partial charge in [-0.2, -0.15) is 0 Å². The monoisotopic (exact) mass is 240 g/mol. The van der Waals surface area contributed by atoms with E-state index in [0.717, 1.165) is 11.6 Å². The summed E-state index contributed by atoms with van der Waals surface area (Å²) in [6.07, 6.45) is 0. The van der Waals surface area contributed by atoms with Crippen LogP contribution in [0.5, 0.6) is 0 Å². The summed E-state index contributed by atoms with van der Waals surface area (Å²) in [5.74, 6) is 1.84. The molecule has 1 amide bonds. The minimum absolute atomic E-state index is 0. The van der Waals surface area contributed by atoms with Gasteiger partial charge in [-0.1, -0.05) is 0 Å². The molecule has 14 heavy (non-hydrogen) atoms. The molecule has 0 unspecified atom stereocenters. The van der Waals surface area contributed by atoms with Crippen LogP contribution in [-0.2, 0) is 9.53 Å². The number of nitrogens with one attached hydrogen (secondary N) is 2. The van der Waals surface area contributed by atoms with Gasteiger partial charge in [0.15, 0.2) is 0 Å². The Bertz CT molecular complexity index is 165. The van der Waals surface area contributed by atoms with Crippen LogP contribution in [-0.4, -0.2) is 43.3 Å². The highest BCUT2D eigenvalue weighted by molar-refractivity contribution is 7.99. The molecule has 0 bridgehead atoms. The SMILES string of the molecule is CCOCCNC(=O)[C@H]1CSCN1.Cl. The lowest BCUT2D eigenvalue weighted by Gasteiger charge is -2.09. The topological polar surface area (TPSA) is 50.4 Å². The average Bonchev–Trinajstić information content (AvgIpc) is 2.65. The van der Waals surface area contributed by atoms with Gasteiger partial charge in [-0.05, 0) is 6.92 Å². The number of halogens is 1. The number of carbonyl (C=O) groups is 1. The number of ether oxygens (including phenoxy) is 1. The van der Waals surface area contributed by atoms with Crippen molar-refractivity contribution in [3.05, 3.63) is 0 Å². The van der Waals surface area contributed by atoms with E-state index in [1.165, 1.54) is 0 Å². The Kier molecular flexibility index (Phi) is 8.37. The molecule has 0 aliphatic carbocycles. The van der Waals surface area contributed by atoms with Crippen molar-refractivity contribution in [1.29, 1.82) is 0 Å². The van der Waals surface area contributed by atoms with Crippen LogP contribution in [0.2, 0.25) is 0 Å². The van der Waals surface area contributed by atoms with Gasteiger partial charge in [0, 0.05) is 24.8 Å². The molecule has 1 fully saturated rings. The second-order valence-electron chi connectivity index (χ2n) is 2.76. The summed E-state index contributed by atoms with van der Waals surface area (Å²) in [6, 6.07) is -0.00775. The highest BCUT2D eigenvalue weighted by atomic mass is 35.5. The zero-order valence-electron chi connectivity index (χ0n) is 8.25. The molecule has 1 aliphatic heterocycles. The van der Waals surface area contributed by atoms with Crippen molar-refractivity contribution in [1.82, 2.24) is 10.6 Å². The fraction of sp³-hybridized carbons (Fsp3) is 0.875. The van der Waals surface area contributed by atoms with E-state index < -0.39 is 0 Å². The molecule has 0 aromatic rings. The molecule has 0 saturated carbocycles. The maximum Gasteiger partial charge on any atom is 0.238 e.